The molecule has 0 aromatic heterocycles. The van der Waals surface area contributed by atoms with Crippen molar-refractivity contribution in [2.45, 2.75) is 13.8 Å². The lowest BCUT2D eigenvalue weighted by atomic mass is 10.1. The fraction of sp³-hybridized carbons (Fsp3) is 0.133. The molecule has 0 radical (unpaired) electrons. The summed E-state index contributed by atoms with van der Waals surface area (Å²) in [6.45, 7) is 3.86. The summed E-state index contributed by atoms with van der Waals surface area (Å²) < 4.78 is 5.83. The van der Waals surface area contributed by atoms with E-state index < -0.39 is 0 Å². The van der Waals surface area contributed by atoms with Crippen LogP contribution in [0.4, 0.5) is 0 Å². The Morgan fingerprint density at radius 1 is 1.00 bits per heavy atom. The summed E-state index contributed by atoms with van der Waals surface area (Å²) in [5, 5.41) is 9.50. The minimum Gasteiger partial charge on any atom is -0.457 e. The van der Waals surface area contributed by atoms with Crippen LogP contribution in [-0.4, -0.2) is 0 Å². The largest absolute Gasteiger partial charge is 0.457 e. The molecule has 3 heteroatoms. The molecule has 0 aliphatic heterocycles. The van der Waals surface area contributed by atoms with Crippen LogP contribution in [-0.2, 0) is 0 Å². The first-order valence-electron chi connectivity index (χ1n) is 5.55. The first-order valence-corrected chi connectivity index (χ1v) is 5.92. The number of rotatable bonds is 2. The van der Waals surface area contributed by atoms with Gasteiger partial charge in [-0.3, -0.25) is 0 Å². The second-order valence-corrected chi connectivity index (χ2v) is 4.54. The zero-order chi connectivity index (χ0) is 13.1. The van der Waals surface area contributed by atoms with Crippen LogP contribution >= 0.6 is 11.6 Å². The Morgan fingerprint density at radius 3 is 2.17 bits per heavy atom. The van der Waals surface area contributed by atoms with Crippen molar-refractivity contribution in [3.8, 4) is 17.6 Å². The van der Waals surface area contributed by atoms with Crippen molar-refractivity contribution < 1.29 is 4.74 Å². The maximum atomic E-state index is 8.81. The molecule has 0 saturated carbocycles. The van der Waals surface area contributed by atoms with Crippen molar-refractivity contribution in [1.82, 2.24) is 0 Å². The van der Waals surface area contributed by atoms with Crippen molar-refractivity contribution in [3.05, 3.63) is 58.1 Å². The normalized spacial score (nSPS) is 9.89. The third kappa shape index (κ3) is 2.64. The van der Waals surface area contributed by atoms with E-state index in [-0.39, 0.29) is 0 Å². The number of benzene rings is 2. The minimum atomic E-state index is 0.632. The van der Waals surface area contributed by atoms with Gasteiger partial charge in [0.2, 0.25) is 0 Å². The van der Waals surface area contributed by atoms with E-state index in [0.717, 1.165) is 22.6 Å². The minimum absolute atomic E-state index is 0.632. The average molecular weight is 258 g/mol. The van der Waals surface area contributed by atoms with Gasteiger partial charge in [-0.05, 0) is 61.4 Å². The van der Waals surface area contributed by atoms with Crippen molar-refractivity contribution in [1.29, 1.82) is 5.26 Å². The molecule has 0 saturated heterocycles. The molecular weight excluding hydrogens is 246 g/mol. The molecule has 90 valence electrons. The molecular formula is C15H12ClNO. The van der Waals surface area contributed by atoms with E-state index >= 15 is 0 Å². The highest BCUT2D eigenvalue weighted by atomic mass is 35.5. The van der Waals surface area contributed by atoms with Crippen LogP contribution in [0.5, 0.6) is 11.5 Å². The quantitative estimate of drug-likeness (QED) is 0.786. The van der Waals surface area contributed by atoms with Gasteiger partial charge >= 0.3 is 0 Å². The molecule has 0 bridgehead atoms. The van der Waals surface area contributed by atoms with Crippen molar-refractivity contribution >= 4 is 11.6 Å². The third-order valence-electron chi connectivity index (χ3n) is 2.66. The molecule has 0 aliphatic rings. The Morgan fingerprint density at radius 2 is 1.61 bits per heavy atom. The molecule has 0 unspecified atom stereocenters. The molecule has 0 atom stereocenters. The zero-order valence-corrected chi connectivity index (χ0v) is 11.0. The van der Waals surface area contributed by atoms with Gasteiger partial charge in [-0.25, -0.2) is 0 Å². The van der Waals surface area contributed by atoms with Gasteiger partial charge in [0.1, 0.15) is 11.5 Å². The maximum absolute atomic E-state index is 8.81. The second kappa shape index (κ2) is 5.12. The van der Waals surface area contributed by atoms with E-state index in [1.807, 2.05) is 32.0 Å². The van der Waals surface area contributed by atoms with Gasteiger partial charge < -0.3 is 4.74 Å². The van der Waals surface area contributed by atoms with Gasteiger partial charge in [-0.2, -0.15) is 5.26 Å². The first-order chi connectivity index (χ1) is 8.60. The SMILES string of the molecule is Cc1cc(Cl)ccc1Oc1ccc(C#N)cc1C. The number of hydrogen-bond acceptors (Lipinski definition) is 2. The second-order valence-electron chi connectivity index (χ2n) is 4.10. The Balaban J connectivity index is 2.32. The van der Waals surface area contributed by atoms with Gasteiger partial charge in [0, 0.05) is 5.02 Å². The average Bonchev–Trinajstić information content (AvgIpc) is 2.34. The van der Waals surface area contributed by atoms with Gasteiger partial charge in [0.25, 0.3) is 0 Å². The number of nitriles is 1. The Hall–Kier alpha value is -1.98. The van der Waals surface area contributed by atoms with Gasteiger partial charge in [0.15, 0.2) is 0 Å². The van der Waals surface area contributed by atoms with E-state index in [9.17, 15) is 0 Å². The van der Waals surface area contributed by atoms with Crippen LogP contribution in [0.2, 0.25) is 5.02 Å². The van der Waals surface area contributed by atoms with Crippen LogP contribution in [0.1, 0.15) is 16.7 Å². The van der Waals surface area contributed by atoms with Crippen molar-refractivity contribution in [2.75, 3.05) is 0 Å². The standard InChI is InChI=1S/C15H12ClNO/c1-10-7-12(9-17)3-5-14(10)18-15-6-4-13(16)8-11(15)2/h3-8H,1-2H3. The summed E-state index contributed by atoms with van der Waals surface area (Å²) in [6, 6.07) is 13.0. The van der Waals surface area contributed by atoms with E-state index in [1.54, 1.807) is 18.2 Å². The van der Waals surface area contributed by atoms with E-state index in [2.05, 4.69) is 6.07 Å². The van der Waals surface area contributed by atoms with E-state index in [4.69, 9.17) is 21.6 Å². The number of ether oxygens (including phenoxy) is 1. The molecule has 0 amide bonds. The lowest BCUT2D eigenvalue weighted by molar-refractivity contribution is 0.475. The molecule has 0 N–H and O–H groups in total. The molecule has 0 heterocycles. The van der Waals surface area contributed by atoms with Crippen molar-refractivity contribution in [3.63, 3.8) is 0 Å². The van der Waals surface area contributed by atoms with Crippen LogP contribution < -0.4 is 4.74 Å². The highest BCUT2D eigenvalue weighted by Gasteiger charge is 2.05. The van der Waals surface area contributed by atoms with Crippen LogP contribution in [0, 0.1) is 25.2 Å². The summed E-state index contributed by atoms with van der Waals surface area (Å²) in [5.74, 6) is 1.52. The lowest BCUT2D eigenvalue weighted by Gasteiger charge is -2.11. The Labute approximate surface area is 111 Å². The highest BCUT2D eigenvalue weighted by Crippen LogP contribution is 2.29. The summed E-state index contributed by atoms with van der Waals surface area (Å²) in [5.41, 5.74) is 2.54. The molecule has 0 fully saturated rings. The molecule has 2 nitrogen and oxygen atoms in total. The summed E-state index contributed by atoms with van der Waals surface area (Å²) in [6.07, 6.45) is 0. The van der Waals surface area contributed by atoms with Gasteiger partial charge in [0.05, 0.1) is 11.6 Å². The number of aryl methyl sites for hydroxylation is 2. The number of nitrogens with zero attached hydrogens (tertiary/aromatic N) is 1. The number of hydrogen-bond donors (Lipinski definition) is 0. The van der Waals surface area contributed by atoms with Crippen LogP contribution in [0.3, 0.4) is 0 Å². The lowest BCUT2D eigenvalue weighted by Crippen LogP contribution is -1.90. The molecule has 2 aromatic carbocycles. The highest BCUT2D eigenvalue weighted by molar-refractivity contribution is 6.30. The predicted molar refractivity (Wildman–Crippen MR) is 72.2 cm³/mol. The fourth-order valence-corrected chi connectivity index (χ4v) is 1.91. The molecule has 2 aromatic rings. The maximum Gasteiger partial charge on any atom is 0.130 e. The Kier molecular flexibility index (Phi) is 3.55. The van der Waals surface area contributed by atoms with E-state index in [0.29, 0.717) is 10.6 Å². The number of halogens is 1. The molecule has 0 spiro atoms. The summed E-state index contributed by atoms with van der Waals surface area (Å²) >= 11 is 5.90. The Bertz CT molecular complexity index is 629. The monoisotopic (exact) mass is 257 g/mol. The van der Waals surface area contributed by atoms with Gasteiger partial charge in [-0.1, -0.05) is 11.6 Å². The topological polar surface area (TPSA) is 33.0 Å². The smallest absolute Gasteiger partial charge is 0.130 e. The first kappa shape index (κ1) is 12.5. The summed E-state index contributed by atoms with van der Waals surface area (Å²) in [4.78, 5) is 0. The molecule has 2 rings (SSSR count). The van der Waals surface area contributed by atoms with Gasteiger partial charge in [-0.15, -0.1) is 0 Å². The molecule has 0 aliphatic carbocycles. The summed E-state index contributed by atoms with van der Waals surface area (Å²) in [7, 11) is 0. The zero-order valence-electron chi connectivity index (χ0n) is 10.2. The molecule has 18 heavy (non-hydrogen) atoms. The van der Waals surface area contributed by atoms with E-state index in [1.165, 1.54) is 0 Å². The fourth-order valence-electron chi connectivity index (χ4n) is 1.68. The van der Waals surface area contributed by atoms with Crippen LogP contribution in [0.25, 0.3) is 0 Å². The van der Waals surface area contributed by atoms with Crippen LogP contribution in [0.15, 0.2) is 36.4 Å². The third-order valence-corrected chi connectivity index (χ3v) is 2.90. The predicted octanol–water partition coefficient (Wildman–Crippen LogP) is 4.62. The van der Waals surface area contributed by atoms with Crippen molar-refractivity contribution in [2.24, 2.45) is 0 Å².